The Labute approximate surface area is 420 Å². The van der Waals surface area contributed by atoms with Crippen molar-refractivity contribution in [1.82, 2.24) is 0 Å². The molecule has 0 aromatic rings. The summed E-state index contributed by atoms with van der Waals surface area (Å²) in [4.78, 5) is 37.8. The number of ether oxygens (including phenoxy) is 3. The fourth-order valence-corrected chi connectivity index (χ4v) is 7.85. The molecule has 6 nitrogen and oxygen atoms in total. The predicted molar refractivity (Wildman–Crippen MR) is 293 cm³/mol. The molecule has 0 radical (unpaired) electrons. The number of esters is 3. The summed E-state index contributed by atoms with van der Waals surface area (Å²) in [6, 6.07) is 0. The minimum Gasteiger partial charge on any atom is -0.462 e. The minimum absolute atomic E-state index is 0.0816. The van der Waals surface area contributed by atoms with Gasteiger partial charge in [-0.25, -0.2) is 0 Å². The van der Waals surface area contributed by atoms with Crippen LogP contribution in [0, 0.1) is 0 Å². The highest BCUT2D eigenvalue weighted by Gasteiger charge is 2.19. The van der Waals surface area contributed by atoms with Crippen molar-refractivity contribution >= 4 is 17.9 Å². The zero-order valence-electron chi connectivity index (χ0n) is 44.6. The van der Waals surface area contributed by atoms with E-state index in [0.717, 1.165) is 122 Å². The maximum atomic E-state index is 12.7. The van der Waals surface area contributed by atoms with Crippen LogP contribution in [0.4, 0.5) is 0 Å². The van der Waals surface area contributed by atoms with Gasteiger partial charge in [0, 0.05) is 19.3 Å². The van der Waals surface area contributed by atoms with Gasteiger partial charge in [0.25, 0.3) is 0 Å². The Hall–Kier alpha value is -3.41. The van der Waals surface area contributed by atoms with E-state index in [2.05, 4.69) is 106 Å². The first-order valence-corrected chi connectivity index (χ1v) is 28.6. The molecule has 0 aliphatic rings. The van der Waals surface area contributed by atoms with E-state index in [1.165, 1.54) is 109 Å². The molecular formula is C62H106O6. The predicted octanol–water partition coefficient (Wildman–Crippen LogP) is 19.2. The van der Waals surface area contributed by atoms with Crippen molar-refractivity contribution in [3.8, 4) is 0 Å². The summed E-state index contributed by atoms with van der Waals surface area (Å²) in [7, 11) is 0. The van der Waals surface area contributed by atoms with Crippen LogP contribution in [0.2, 0.25) is 0 Å². The molecule has 0 N–H and O–H groups in total. The second-order valence-corrected chi connectivity index (χ2v) is 18.8. The molecule has 1 unspecified atom stereocenters. The van der Waals surface area contributed by atoms with Gasteiger partial charge in [0.15, 0.2) is 6.10 Å². The van der Waals surface area contributed by atoms with Gasteiger partial charge in [-0.1, -0.05) is 241 Å². The molecule has 0 saturated carbocycles. The van der Waals surface area contributed by atoms with Crippen LogP contribution in [0.3, 0.4) is 0 Å². The molecule has 68 heavy (non-hydrogen) atoms. The summed E-state index contributed by atoms with van der Waals surface area (Å²) in [6.07, 6.45) is 73.4. The average molecular weight is 948 g/mol. The Kier molecular flexibility index (Phi) is 53.4. The Morgan fingerprint density at radius 1 is 0.309 bits per heavy atom. The van der Waals surface area contributed by atoms with Gasteiger partial charge in [0.05, 0.1) is 0 Å². The number of rotatable bonds is 51. The van der Waals surface area contributed by atoms with Gasteiger partial charge in [-0.05, 0) is 96.3 Å². The van der Waals surface area contributed by atoms with Crippen molar-refractivity contribution in [3.63, 3.8) is 0 Å². The molecule has 0 rings (SSSR count). The molecule has 0 aromatic heterocycles. The zero-order valence-corrected chi connectivity index (χ0v) is 44.6. The van der Waals surface area contributed by atoms with Crippen LogP contribution in [0.1, 0.15) is 271 Å². The van der Waals surface area contributed by atoms with Crippen LogP contribution < -0.4 is 0 Å². The van der Waals surface area contributed by atoms with E-state index in [1.807, 2.05) is 0 Å². The summed E-state index contributed by atoms with van der Waals surface area (Å²) < 4.78 is 16.7. The fraction of sp³-hybridized carbons (Fsp3) is 0.726. The van der Waals surface area contributed by atoms with Crippen molar-refractivity contribution in [1.29, 1.82) is 0 Å². The molecule has 0 amide bonds. The molecule has 0 saturated heterocycles. The summed E-state index contributed by atoms with van der Waals surface area (Å²) >= 11 is 0. The maximum absolute atomic E-state index is 12.7. The first-order valence-electron chi connectivity index (χ1n) is 28.6. The van der Waals surface area contributed by atoms with Crippen molar-refractivity contribution in [2.45, 2.75) is 277 Å². The van der Waals surface area contributed by atoms with Gasteiger partial charge in [-0.3, -0.25) is 14.4 Å². The van der Waals surface area contributed by atoms with E-state index >= 15 is 0 Å². The van der Waals surface area contributed by atoms with Crippen LogP contribution in [-0.4, -0.2) is 37.2 Å². The van der Waals surface area contributed by atoms with Gasteiger partial charge >= 0.3 is 17.9 Å². The molecule has 390 valence electrons. The standard InChI is InChI=1S/C62H106O6/c1-4-7-10-13-15-17-19-21-23-25-26-27-28-29-30-31-32-33-34-35-36-37-39-40-42-44-46-49-52-55-61(64)67-58-59(57-66-60(63)54-51-48-12-9-6-3)68-62(65)56-53-50-47-45-43-41-38-24-22-20-18-16-14-11-8-5-2/h7,10,15,17-18,20-21,23-24,26-27,29-30,38,59H,4-6,8-9,11-14,16,19,22,25,28,31-37,39-58H2,1-3H3/b10-7-,17-15-,20-18-,23-21-,27-26-,30-29-,38-24-. The largest absolute Gasteiger partial charge is 0.462 e. The van der Waals surface area contributed by atoms with Crippen LogP contribution in [-0.2, 0) is 28.6 Å². The second-order valence-electron chi connectivity index (χ2n) is 18.8. The van der Waals surface area contributed by atoms with Crippen molar-refractivity contribution < 1.29 is 28.6 Å². The number of allylic oxidation sites excluding steroid dienone is 14. The molecule has 0 aliphatic heterocycles. The van der Waals surface area contributed by atoms with Gasteiger partial charge < -0.3 is 14.2 Å². The van der Waals surface area contributed by atoms with Crippen LogP contribution in [0.5, 0.6) is 0 Å². The average Bonchev–Trinajstić information content (AvgIpc) is 3.34. The first-order chi connectivity index (χ1) is 33.5. The quantitative estimate of drug-likeness (QED) is 0.0262. The van der Waals surface area contributed by atoms with Gasteiger partial charge in [-0.15, -0.1) is 0 Å². The highest BCUT2D eigenvalue weighted by molar-refractivity contribution is 5.71. The van der Waals surface area contributed by atoms with E-state index in [0.29, 0.717) is 19.3 Å². The summed E-state index contributed by atoms with van der Waals surface area (Å²) in [5.41, 5.74) is 0. The number of hydrogen-bond acceptors (Lipinski definition) is 6. The second kappa shape index (κ2) is 56.2. The molecule has 0 aromatic carbocycles. The molecule has 0 heterocycles. The topological polar surface area (TPSA) is 78.9 Å². The van der Waals surface area contributed by atoms with Crippen LogP contribution >= 0.6 is 0 Å². The Bertz CT molecular complexity index is 1320. The lowest BCUT2D eigenvalue weighted by molar-refractivity contribution is -0.167. The van der Waals surface area contributed by atoms with E-state index in [1.54, 1.807) is 0 Å². The normalized spacial score (nSPS) is 12.7. The van der Waals surface area contributed by atoms with Crippen molar-refractivity contribution in [3.05, 3.63) is 85.1 Å². The van der Waals surface area contributed by atoms with E-state index < -0.39 is 6.10 Å². The monoisotopic (exact) mass is 947 g/mol. The molecule has 0 bridgehead atoms. The molecule has 0 spiro atoms. The first kappa shape index (κ1) is 64.6. The summed E-state index contributed by atoms with van der Waals surface area (Å²) in [5.74, 6) is -0.907. The van der Waals surface area contributed by atoms with E-state index in [9.17, 15) is 14.4 Å². The maximum Gasteiger partial charge on any atom is 0.306 e. The number of carbonyl (C=O) groups is 3. The summed E-state index contributed by atoms with van der Waals surface area (Å²) in [6.45, 7) is 6.42. The third-order valence-corrected chi connectivity index (χ3v) is 12.1. The number of carbonyl (C=O) groups excluding carboxylic acids is 3. The fourth-order valence-electron chi connectivity index (χ4n) is 7.85. The number of unbranched alkanes of at least 4 members (excludes halogenated alkanes) is 26. The van der Waals surface area contributed by atoms with Gasteiger partial charge in [0.1, 0.15) is 13.2 Å². The highest BCUT2D eigenvalue weighted by Crippen LogP contribution is 2.15. The lowest BCUT2D eigenvalue weighted by atomic mass is 10.0. The zero-order chi connectivity index (χ0) is 49.3. The smallest absolute Gasteiger partial charge is 0.306 e. The van der Waals surface area contributed by atoms with Crippen LogP contribution in [0.25, 0.3) is 0 Å². The minimum atomic E-state index is -0.779. The van der Waals surface area contributed by atoms with Gasteiger partial charge in [0.2, 0.25) is 0 Å². The molecule has 0 fully saturated rings. The molecular weight excluding hydrogens is 841 g/mol. The third kappa shape index (κ3) is 53.5. The van der Waals surface area contributed by atoms with E-state index in [-0.39, 0.29) is 31.1 Å². The van der Waals surface area contributed by atoms with Crippen molar-refractivity contribution in [2.75, 3.05) is 13.2 Å². The lowest BCUT2D eigenvalue weighted by Crippen LogP contribution is -2.30. The van der Waals surface area contributed by atoms with Crippen molar-refractivity contribution in [2.24, 2.45) is 0 Å². The molecule has 0 aliphatic carbocycles. The SMILES string of the molecule is CC/C=C\C/C=C\C/C=C\C/C=C\C/C=C\CCCCCCCCCCCCCCCC(=O)OCC(COC(=O)CCCCCCC)OC(=O)CCCCCCC/C=C\C/C=C\CCCCCC. The Morgan fingerprint density at radius 2 is 0.574 bits per heavy atom. The van der Waals surface area contributed by atoms with Gasteiger partial charge in [-0.2, -0.15) is 0 Å². The van der Waals surface area contributed by atoms with Crippen LogP contribution in [0.15, 0.2) is 85.1 Å². The molecule has 1 atom stereocenters. The highest BCUT2D eigenvalue weighted by atomic mass is 16.6. The Morgan fingerprint density at radius 3 is 0.912 bits per heavy atom. The Balaban J connectivity index is 4.05. The number of hydrogen-bond donors (Lipinski definition) is 0. The summed E-state index contributed by atoms with van der Waals surface area (Å²) in [5, 5.41) is 0. The molecule has 6 heteroatoms. The lowest BCUT2D eigenvalue weighted by Gasteiger charge is -2.18. The third-order valence-electron chi connectivity index (χ3n) is 12.1. The van der Waals surface area contributed by atoms with E-state index in [4.69, 9.17) is 14.2 Å².